The fourth-order valence-electron chi connectivity index (χ4n) is 3.83. The van der Waals surface area contributed by atoms with E-state index in [1.807, 2.05) is 36.6 Å². The van der Waals surface area contributed by atoms with E-state index in [2.05, 4.69) is 4.99 Å². The number of piperidine rings is 1. The minimum atomic E-state index is -3.56. The van der Waals surface area contributed by atoms with E-state index in [1.165, 1.54) is 27.0 Å². The molecule has 0 bridgehead atoms. The summed E-state index contributed by atoms with van der Waals surface area (Å²) >= 11 is 2.65. The zero-order valence-electron chi connectivity index (χ0n) is 17.5. The van der Waals surface area contributed by atoms with Crippen molar-refractivity contribution in [3.05, 3.63) is 40.5 Å². The third kappa shape index (κ3) is 4.34. The summed E-state index contributed by atoms with van der Waals surface area (Å²) in [5.74, 6) is 0.0704. The monoisotopic (exact) mass is 479 g/mol. The molecule has 3 aromatic rings. The molecular weight excluding hydrogens is 454 g/mol. The molecule has 0 aliphatic carbocycles. The molecule has 0 radical (unpaired) electrons. The molecule has 0 saturated carbocycles. The minimum absolute atomic E-state index is 0.170. The van der Waals surface area contributed by atoms with E-state index in [0.29, 0.717) is 41.5 Å². The Morgan fingerprint density at radius 3 is 2.81 bits per heavy atom. The number of hydrogen-bond donors (Lipinski definition) is 0. The molecule has 1 fully saturated rings. The Morgan fingerprint density at radius 1 is 1.26 bits per heavy atom. The van der Waals surface area contributed by atoms with Crippen LogP contribution in [0.5, 0.6) is 5.75 Å². The van der Waals surface area contributed by atoms with Gasteiger partial charge in [-0.1, -0.05) is 23.5 Å². The lowest BCUT2D eigenvalue weighted by atomic mass is 9.99. The van der Waals surface area contributed by atoms with Crippen LogP contribution in [0.2, 0.25) is 0 Å². The third-order valence-corrected chi connectivity index (χ3v) is 9.59. The van der Waals surface area contributed by atoms with Crippen LogP contribution in [-0.2, 0) is 21.4 Å². The Kier molecular flexibility index (Phi) is 6.61. The van der Waals surface area contributed by atoms with Gasteiger partial charge >= 0.3 is 0 Å². The molecule has 1 unspecified atom stereocenters. The predicted molar refractivity (Wildman–Crippen MR) is 123 cm³/mol. The molecule has 0 N–H and O–H groups in total. The molecule has 1 aliphatic rings. The first-order valence-electron chi connectivity index (χ1n) is 10.3. The standard InChI is InChI=1S/C21H25N3O4S3/c1-3-24-19-16(28-4-2)9-5-10-17(19)30-21(24)22-20(25)15-8-6-12-23(14-15)31(26,27)18-11-7-13-29-18/h5,7,9-11,13,15H,3-4,6,8,12,14H2,1-2H3. The van der Waals surface area contributed by atoms with Crippen molar-refractivity contribution in [2.24, 2.45) is 10.9 Å². The van der Waals surface area contributed by atoms with E-state index in [1.54, 1.807) is 17.5 Å². The first kappa shape index (κ1) is 22.2. The van der Waals surface area contributed by atoms with Gasteiger partial charge in [-0.15, -0.1) is 11.3 Å². The summed E-state index contributed by atoms with van der Waals surface area (Å²) in [5, 5.41) is 1.75. The van der Waals surface area contributed by atoms with Crippen molar-refractivity contribution < 1.29 is 17.9 Å². The van der Waals surface area contributed by atoms with Crippen molar-refractivity contribution in [2.75, 3.05) is 19.7 Å². The van der Waals surface area contributed by atoms with Crippen LogP contribution >= 0.6 is 22.7 Å². The summed E-state index contributed by atoms with van der Waals surface area (Å²) in [6.07, 6.45) is 1.28. The molecule has 166 valence electrons. The maximum absolute atomic E-state index is 13.1. The van der Waals surface area contributed by atoms with Crippen molar-refractivity contribution >= 4 is 48.8 Å². The smallest absolute Gasteiger partial charge is 0.252 e. The molecule has 1 atom stereocenters. The first-order valence-corrected chi connectivity index (χ1v) is 13.5. The molecule has 3 heterocycles. The van der Waals surface area contributed by atoms with E-state index in [-0.39, 0.29) is 12.5 Å². The van der Waals surface area contributed by atoms with Crippen LogP contribution in [0.1, 0.15) is 26.7 Å². The number of ether oxygens (including phenoxy) is 1. The second-order valence-corrected chi connectivity index (χ2v) is 11.4. The molecule has 31 heavy (non-hydrogen) atoms. The normalized spacial score (nSPS) is 18.5. The van der Waals surface area contributed by atoms with Gasteiger partial charge in [0.15, 0.2) is 4.80 Å². The molecule has 1 saturated heterocycles. The van der Waals surface area contributed by atoms with Crippen LogP contribution in [0.15, 0.2) is 44.9 Å². The number of carbonyl (C=O) groups is 1. The highest BCUT2D eigenvalue weighted by atomic mass is 32.2. The Balaban J connectivity index is 1.64. The molecular formula is C21H25N3O4S3. The lowest BCUT2D eigenvalue weighted by Crippen LogP contribution is -2.42. The lowest BCUT2D eigenvalue weighted by molar-refractivity contribution is -0.122. The zero-order valence-corrected chi connectivity index (χ0v) is 19.9. The van der Waals surface area contributed by atoms with Gasteiger partial charge in [0.25, 0.3) is 15.9 Å². The number of rotatable bonds is 6. The summed E-state index contributed by atoms with van der Waals surface area (Å²) in [7, 11) is -3.56. The molecule has 1 amide bonds. The number of benzene rings is 1. The second kappa shape index (κ2) is 9.23. The topological polar surface area (TPSA) is 81.0 Å². The molecule has 7 nitrogen and oxygen atoms in total. The van der Waals surface area contributed by atoms with Gasteiger partial charge in [-0.3, -0.25) is 4.79 Å². The number of aromatic nitrogens is 1. The highest BCUT2D eigenvalue weighted by Gasteiger charge is 2.33. The largest absolute Gasteiger partial charge is 0.492 e. The number of hydrogen-bond acceptors (Lipinski definition) is 6. The van der Waals surface area contributed by atoms with Crippen LogP contribution in [0.25, 0.3) is 10.2 Å². The number of thiazole rings is 1. The SMILES string of the molecule is CCOc1cccc2sc(=NC(=O)C3CCCN(S(=O)(=O)c4cccs4)C3)n(CC)c12. The fourth-order valence-corrected chi connectivity index (χ4v) is 7.62. The van der Waals surface area contributed by atoms with Gasteiger partial charge in [0.2, 0.25) is 0 Å². The lowest BCUT2D eigenvalue weighted by Gasteiger charge is -2.29. The minimum Gasteiger partial charge on any atom is -0.492 e. The van der Waals surface area contributed by atoms with Gasteiger partial charge in [-0.25, -0.2) is 8.42 Å². The molecule has 1 aromatic carbocycles. The van der Waals surface area contributed by atoms with Gasteiger partial charge < -0.3 is 9.30 Å². The van der Waals surface area contributed by atoms with Crippen molar-refractivity contribution in [3.63, 3.8) is 0 Å². The fraction of sp³-hybridized carbons (Fsp3) is 0.429. The van der Waals surface area contributed by atoms with E-state index < -0.39 is 15.9 Å². The summed E-state index contributed by atoms with van der Waals surface area (Å²) in [4.78, 5) is 18.1. The Hall–Kier alpha value is -2.01. The number of sulfonamides is 1. The quantitative estimate of drug-likeness (QED) is 0.540. The average molecular weight is 480 g/mol. The predicted octanol–water partition coefficient (Wildman–Crippen LogP) is 3.71. The number of carbonyl (C=O) groups excluding carboxylic acids is 1. The summed E-state index contributed by atoms with van der Waals surface area (Å²) in [5.41, 5.74) is 0.939. The number of para-hydroxylation sites is 1. The van der Waals surface area contributed by atoms with E-state index in [0.717, 1.165) is 16.0 Å². The number of amides is 1. The molecule has 1 aliphatic heterocycles. The maximum atomic E-state index is 13.1. The van der Waals surface area contributed by atoms with E-state index >= 15 is 0 Å². The second-order valence-electron chi connectivity index (χ2n) is 7.25. The highest BCUT2D eigenvalue weighted by molar-refractivity contribution is 7.91. The zero-order chi connectivity index (χ0) is 22.0. The van der Waals surface area contributed by atoms with Crippen molar-refractivity contribution in [3.8, 4) is 5.75 Å². The summed E-state index contributed by atoms with van der Waals surface area (Å²) < 4.78 is 36.2. The van der Waals surface area contributed by atoms with Crippen LogP contribution in [-0.4, -0.2) is 42.9 Å². The van der Waals surface area contributed by atoms with Crippen LogP contribution < -0.4 is 9.54 Å². The number of nitrogens with zero attached hydrogens (tertiary/aromatic N) is 3. The van der Waals surface area contributed by atoms with E-state index in [4.69, 9.17) is 4.74 Å². The number of thiophene rings is 1. The first-order chi connectivity index (χ1) is 15.0. The molecule has 2 aromatic heterocycles. The van der Waals surface area contributed by atoms with E-state index in [9.17, 15) is 13.2 Å². The molecule has 0 spiro atoms. The van der Waals surface area contributed by atoms with Gasteiger partial charge in [0, 0.05) is 19.6 Å². The Bertz CT molecular complexity index is 1240. The van der Waals surface area contributed by atoms with Crippen LogP contribution in [0.4, 0.5) is 0 Å². The number of fused-ring (bicyclic) bond motifs is 1. The van der Waals surface area contributed by atoms with Gasteiger partial charge in [-0.2, -0.15) is 9.30 Å². The van der Waals surface area contributed by atoms with Crippen LogP contribution in [0.3, 0.4) is 0 Å². The van der Waals surface area contributed by atoms with Crippen molar-refractivity contribution in [2.45, 2.75) is 37.4 Å². The van der Waals surface area contributed by atoms with Crippen molar-refractivity contribution in [1.29, 1.82) is 0 Å². The molecule has 10 heteroatoms. The van der Waals surface area contributed by atoms with Gasteiger partial charge in [-0.05, 0) is 50.3 Å². The van der Waals surface area contributed by atoms with Gasteiger partial charge in [0.1, 0.15) is 15.5 Å². The maximum Gasteiger partial charge on any atom is 0.252 e. The highest BCUT2D eigenvalue weighted by Crippen LogP contribution is 2.29. The van der Waals surface area contributed by atoms with Crippen LogP contribution in [0, 0.1) is 5.92 Å². The summed E-state index contributed by atoms with van der Waals surface area (Å²) in [6.45, 7) is 5.76. The Labute approximate surface area is 189 Å². The number of aryl methyl sites for hydroxylation is 1. The average Bonchev–Trinajstić information content (AvgIpc) is 3.43. The van der Waals surface area contributed by atoms with Gasteiger partial charge in [0.05, 0.1) is 17.2 Å². The Morgan fingerprint density at radius 2 is 2.10 bits per heavy atom. The third-order valence-electron chi connectivity index (χ3n) is 5.31. The molecule has 4 rings (SSSR count). The van der Waals surface area contributed by atoms with Crippen molar-refractivity contribution in [1.82, 2.24) is 8.87 Å². The summed E-state index contributed by atoms with van der Waals surface area (Å²) in [6, 6.07) is 9.18.